The lowest BCUT2D eigenvalue weighted by molar-refractivity contribution is 0.0224. The van der Waals surface area contributed by atoms with E-state index in [2.05, 4.69) is 34.7 Å². The highest BCUT2D eigenvalue weighted by Gasteiger charge is 2.26. The first-order valence-electron chi connectivity index (χ1n) is 8.48. The molecule has 1 aromatic carbocycles. The van der Waals surface area contributed by atoms with Crippen molar-refractivity contribution in [1.29, 1.82) is 0 Å². The number of aryl methyl sites for hydroxylation is 1. The number of imidazole rings is 1. The van der Waals surface area contributed by atoms with Gasteiger partial charge in [-0.05, 0) is 51.3 Å². The number of ether oxygens (including phenoxy) is 1. The predicted octanol–water partition coefficient (Wildman–Crippen LogP) is 3.86. The molecule has 1 aliphatic rings. The van der Waals surface area contributed by atoms with Crippen molar-refractivity contribution in [2.45, 2.75) is 52.8 Å². The van der Waals surface area contributed by atoms with Crippen LogP contribution >= 0.6 is 0 Å². The number of rotatable bonds is 2. The molecule has 0 saturated carbocycles. The van der Waals surface area contributed by atoms with Crippen molar-refractivity contribution in [3.63, 3.8) is 0 Å². The van der Waals surface area contributed by atoms with E-state index in [1.54, 1.807) is 4.90 Å². The maximum Gasteiger partial charge on any atom is 0.410 e. The summed E-state index contributed by atoms with van der Waals surface area (Å²) in [6, 6.07) is 6.40. The molecule has 0 bridgehead atoms. The molecule has 0 fully saturated rings. The van der Waals surface area contributed by atoms with E-state index in [0.29, 0.717) is 13.1 Å². The molecule has 5 heteroatoms. The maximum atomic E-state index is 12.3. The van der Waals surface area contributed by atoms with Gasteiger partial charge in [-0.15, -0.1) is 0 Å². The second-order valence-corrected chi connectivity index (χ2v) is 7.17. The topological polar surface area (TPSA) is 47.4 Å². The van der Waals surface area contributed by atoms with E-state index in [9.17, 15) is 4.79 Å². The van der Waals surface area contributed by atoms with Crippen LogP contribution in [-0.4, -0.2) is 32.7 Å². The molecule has 128 valence electrons. The first kappa shape index (κ1) is 16.6. The number of aromatic nitrogens is 2. The van der Waals surface area contributed by atoms with E-state index in [-0.39, 0.29) is 6.09 Å². The Hall–Kier alpha value is -2.30. The Bertz CT molecular complexity index is 743. The number of hydrogen-bond acceptors (Lipinski definition) is 3. The minimum absolute atomic E-state index is 0.237. The van der Waals surface area contributed by atoms with Gasteiger partial charge in [0.15, 0.2) is 0 Å². The van der Waals surface area contributed by atoms with Gasteiger partial charge in [0.05, 0.1) is 0 Å². The Morgan fingerprint density at radius 2 is 2.08 bits per heavy atom. The van der Waals surface area contributed by atoms with Crippen LogP contribution in [0.1, 0.15) is 38.8 Å². The summed E-state index contributed by atoms with van der Waals surface area (Å²) in [7, 11) is 0. The summed E-state index contributed by atoms with van der Waals surface area (Å²) in [5.41, 5.74) is 3.15. The van der Waals surface area contributed by atoms with Crippen LogP contribution in [0, 0.1) is 0 Å². The molecule has 2 aromatic rings. The summed E-state index contributed by atoms with van der Waals surface area (Å²) in [6.45, 7) is 9.99. The normalized spacial score (nSPS) is 14.4. The van der Waals surface area contributed by atoms with Gasteiger partial charge < -0.3 is 14.2 Å². The fourth-order valence-electron chi connectivity index (χ4n) is 3.00. The highest BCUT2D eigenvalue weighted by molar-refractivity contribution is 5.69. The molecule has 1 aliphatic heterocycles. The van der Waals surface area contributed by atoms with Gasteiger partial charge in [-0.3, -0.25) is 0 Å². The summed E-state index contributed by atoms with van der Waals surface area (Å²) in [6.07, 6.45) is 4.44. The van der Waals surface area contributed by atoms with E-state index < -0.39 is 5.60 Å². The first-order chi connectivity index (χ1) is 11.4. The number of amides is 1. The third-order valence-electron chi connectivity index (χ3n) is 4.18. The summed E-state index contributed by atoms with van der Waals surface area (Å²) in [4.78, 5) is 18.5. The zero-order valence-corrected chi connectivity index (χ0v) is 14.9. The summed E-state index contributed by atoms with van der Waals surface area (Å²) in [5, 5.41) is 0. The molecule has 1 aromatic heterocycles. The molecule has 1 amide bonds. The van der Waals surface area contributed by atoms with Gasteiger partial charge in [-0.2, -0.15) is 0 Å². The average molecular weight is 327 g/mol. The van der Waals surface area contributed by atoms with E-state index in [1.807, 2.05) is 33.2 Å². The lowest BCUT2D eigenvalue weighted by Gasteiger charge is -2.31. The molecular weight excluding hydrogens is 302 g/mol. The van der Waals surface area contributed by atoms with Crippen molar-refractivity contribution < 1.29 is 9.53 Å². The second kappa shape index (κ2) is 6.30. The molecule has 2 heterocycles. The largest absolute Gasteiger partial charge is 0.444 e. The van der Waals surface area contributed by atoms with Crippen molar-refractivity contribution >= 4 is 6.09 Å². The molecule has 0 N–H and O–H groups in total. The van der Waals surface area contributed by atoms with Gasteiger partial charge in [0, 0.05) is 37.6 Å². The average Bonchev–Trinajstić information content (AvgIpc) is 3.00. The molecule has 0 atom stereocenters. The van der Waals surface area contributed by atoms with Crippen molar-refractivity contribution in [2.75, 3.05) is 6.54 Å². The van der Waals surface area contributed by atoms with Gasteiger partial charge in [0.25, 0.3) is 0 Å². The summed E-state index contributed by atoms with van der Waals surface area (Å²) >= 11 is 0. The van der Waals surface area contributed by atoms with Crippen molar-refractivity contribution in [3.05, 3.63) is 41.7 Å². The van der Waals surface area contributed by atoms with Crippen molar-refractivity contribution in [1.82, 2.24) is 14.5 Å². The number of carbonyl (C=O) groups excluding carboxylic acids is 1. The smallest absolute Gasteiger partial charge is 0.410 e. The van der Waals surface area contributed by atoms with Crippen molar-refractivity contribution in [2.24, 2.45) is 0 Å². The SMILES string of the molecule is CCn1ccnc1-c1ccc2c(c1)CCN(C(=O)OC(C)(C)C)C2. The third kappa shape index (κ3) is 3.45. The van der Waals surface area contributed by atoms with Crippen LogP contribution in [0.15, 0.2) is 30.6 Å². The Labute approximate surface area is 143 Å². The van der Waals surface area contributed by atoms with Crippen LogP contribution in [0.4, 0.5) is 4.79 Å². The molecule has 0 radical (unpaired) electrons. The highest BCUT2D eigenvalue weighted by Crippen LogP contribution is 2.26. The molecule has 0 unspecified atom stereocenters. The van der Waals surface area contributed by atoms with Crippen molar-refractivity contribution in [3.8, 4) is 11.4 Å². The Balaban J connectivity index is 1.79. The quantitative estimate of drug-likeness (QED) is 0.841. The third-order valence-corrected chi connectivity index (χ3v) is 4.18. The molecular formula is C19H25N3O2. The maximum absolute atomic E-state index is 12.3. The summed E-state index contributed by atoms with van der Waals surface area (Å²) in [5.74, 6) is 0.995. The number of nitrogens with zero attached hydrogens (tertiary/aromatic N) is 3. The number of fused-ring (bicyclic) bond motifs is 1. The van der Waals surface area contributed by atoms with Gasteiger partial charge in [-0.1, -0.05) is 12.1 Å². The van der Waals surface area contributed by atoms with Crippen LogP contribution in [0.3, 0.4) is 0 Å². The fraction of sp³-hybridized carbons (Fsp3) is 0.474. The molecule has 3 rings (SSSR count). The minimum atomic E-state index is -0.460. The number of carbonyl (C=O) groups is 1. The second-order valence-electron chi connectivity index (χ2n) is 7.17. The zero-order valence-electron chi connectivity index (χ0n) is 14.9. The molecule has 5 nitrogen and oxygen atoms in total. The molecule has 0 spiro atoms. The Kier molecular flexibility index (Phi) is 4.35. The van der Waals surface area contributed by atoms with Crippen LogP contribution in [-0.2, 0) is 24.2 Å². The van der Waals surface area contributed by atoms with E-state index in [4.69, 9.17) is 4.74 Å². The van der Waals surface area contributed by atoms with E-state index in [1.165, 1.54) is 11.1 Å². The Morgan fingerprint density at radius 1 is 1.29 bits per heavy atom. The van der Waals surface area contributed by atoms with E-state index in [0.717, 1.165) is 24.4 Å². The molecule has 24 heavy (non-hydrogen) atoms. The van der Waals surface area contributed by atoms with Crippen LogP contribution in [0.25, 0.3) is 11.4 Å². The van der Waals surface area contributed by atoms with Gasteiger partial charge in [0.2, 0.25) is 0 Å². The first-order valence-corrected chi connectivity index (χ1v) is 8.48. The summed E-state index contributed by atoms with van der Waals surface area (Å²) < 4.78 is 7.62. The number of hydrogen-bond donors (Lipinski definition) is 0. The van der Waals surface area contributed by atoms with Crippen LogP contribution in [0.5, 0.6) is 0 Å². The predicted molar refractivity (Wildman–Crippen MR) is 93.7 cm³/mol. The molecule has 0 saturated heterocycles. The van der Waals surface area contributed by atoms with Crippen LogP contribution in [0.2, 0.25) is 0 Å². The lowest BCUT2D eigenvalue weighted by atomic mass is 9.97. The Morgan fingerprint density at radius 3 is 2.79 bits per heavy atom. The number of benzene rings is 1. The van der Waals surface area contributed by atoms with Gasteiger partial charge in [0.1, 0.15) is 11.4 Å². The van der Waals surface area contributed by atoms with Gasteiger partial charge >= 0.3 is 6.09 Å². The highest BCUT2D eigenvalue weighted by atomic mass is 16.6. The van der Waals surface area contributed by atoms with Gasteiger partial charge in [-0.25, -0.2) is 9.78 Å². The molecule has 0 aliphatic carbocycles. The zero-order chi connectivity index (χ0) is 17.3. The van der Waals surface area contributed by atoms with E-state index >= 15 is 0 Å². The minimum Gasteiger partial charge on any atom is -0.444 e. The standard InChI is InChI=1S/C19H25N3O2/c1-5-21-11-9-20-17(21)15-6-7-16-13-22(10-8-14(16)12-15)18(23)24-19(2,3)4/h6-7,9,11-12H,5,8,10,13H2,1-4H3. The van der Waals surface area contributed by atoms with Crippen LogP contribution < -0.4 is 0 Å². The lowest BCUT2D eigenvalue weighted by Crippen LogP contribution is -2.39. The fourth-order valence-corrected chi connectivity index (χ4v) is 3.00. The monoisotopic (exact) mass is 327 g/mol.